The molecular weight excluding hydrogens is 178 g/mol. The topological polar surface area (TPSA) is 40.5 Å². The summed E-state index contributed by atoms with van der Waals surface area (Å²) in [5.74, 6) is -0.689. The lowest BCUT2D eigenvalue weighted by atomic mass is 10.1. The summed E-state index contributed by atoms with van der Waals surface area (Å²) in [4.78, 5) is 13.1. The van der Waals surface area contributed by atoms with Gasteiger partial charge in [-0.2, -0.15) is 0 Å². The van der Waals surface area contributed by atoms with Gasteiger partial charge in [-0.05, 0) is 32.7 Å². The number of carbonyl (C=O) groups is 1. The number of nitrogens with zero attached hydrogens (tertiary/aromatic N) is 1. The second-order valence-electron chi connectivity index (χ2n) is 4.16. The third-order valence-corrected chi connectivity index (χ3v) is 3.25. The molecule has 0 bridgehead atoms. The Balaban J connectivity index is 2.64. The molecule has 1 saturated heterocycles. The van der Waals surface area contributed by atoms with E-state index in [1.165, 1.54) is 12.8 Å². The highest BCUT2D eigenvalue weighted by Crippen LogP contribution is 2.21. The molecule has 0 aromatic heterocycles. The van der Waals surface area contributed by atoms with Gasteiger partial charge in [0.2, 0.25) is 0 Å². The van der Waals surface area contributed by atoms with Gasteiger partial charge < -0.3 is 5.11 Å². The van der Waals surface area contributed by atoms with Gasteiger partial charge in [0.25, 0.3) is 0 Å². The van der Waals surface area contributed by atoms with Crippen LogP contribution >= 0.6 is 0 Å². The van der Waals surface area contributed by atoms with Crippen molar-refractivity contribution in [1.29, 1.82) is 0 Å². The minimum Gasteiger partial charge on any atom is -0.480 e. The molecular formula is C11H21NO2. The Morgan fingerprint density at radius 2 is 2.21 bits per heavy atom. The van der Waals surface area contributed by atoms with Crippen LogP contribution in [0.4, 0.5) is 0 Å². The molecule has 1 fully saturated rings. The summed E-state index contributed by atoms with van der Waals surface area (Å²) >= 11 is 0. The van der Waals surface area contributed by atoms with Gasteiger partial charge in [-0.25, -0.2) is 0 Å². The van der Waals surface area contributed by atoms with E-state index in [1.54, 1.807) is 6.92 Å². The quantitative estimate of drug-likeness (QED) is 0.756. The van der Waals surface area contributed by atoms with E-state index in [0.717, 1.165) is 25.8 Å². The number of likely N-dealkylation sites (tertiary alicyclic amines) is 1. The number of hydrogen-bond donors (Lipinski definition) is 1. The highest BCUT2D eigenvalue weighted by atomic mass is 16.4. The Kier molecular flexibility index (Phi) is 4.39. The lowest BCUT2D eigenvalue weighted by molar-refractivity contribution is -0.143. The van der Waals surface area contributed by atoms with Gasteiger partial charge in [0.05, 0.1) is 0 Å². The van der Waals surface area contributed by atoms with Crippen molar-refractivity contribution in [3.63, 3.8) is 0 Å². The molecule has 82 valence electrons. The third kappa shape index (κ3) is 2.71. The minimum absolute atomic E-state index is 0.321. The average molecular weight is 199 g/mol. The number of rotatable bonds is 3. The minimum atomic E-state index is -0.689. The van der Waals surface area contributed by atoms with Crippen molar-refractivity contribution in [2.75, 3.05) is 6.54 Å². The van der Waals surface area contributed by atoms with Crippen molar-refractivity contribution < 1.29 is 9.90 Å². The maximum Gasteiger partial charge on any atom is 0.320 e. The Morgan fingerprint density at radius 3 is 2.79 bits per heavy atom. The molecule has 1 rings (SSSR count). The molecule has 0 aliphatic carbocycles. The van der Waals surface area contributed by atoms with Crippen molar-refractivity contribution in [2.24, 2.45) is 0 Å². The molecule has 0 aromatic carbocycles. The predicted octanol–water partition coefficient (Wildman–Crippen LogP) is 2.11. The van der Waals surface area contributed by atoms with E-state index in [0.29, 0.717) is 6.04 Å². The zero-order chi connectivity index (χ0) is 10.6. The number of hydrogen-bond acceptors (Lipinski definition) is 2. The van der Waals surface area contributed by atoms with E-state index in [-0.39, 0.29) is 6.04 Å². The summed E-state index contributed by atoms with van der Waals surface area (Å²) in [6.45, 7) is 4.90. The van der Waals surface area contributed by atoms with Gasteiger partial charge in [-0.15, -0.1) is 0 Å². The molecule has 1 aliphatic rings. The zero-order valence-corrected chi connectivity index (χ0v) is 9.20. The van der Waals surface area contributed by atoms with Crippen LogP contribution in [0.1, 0.15) is 46.0 Å². The van der Waals surface area contributed by atoms with Gasteiger partial charge >= 0.3 is 5.97 Å². The van der Waals surface area contributed by atoms with Crippen LogP contribution in [0.15, 0.2) is 0 Å². The zero-order valence-electron chi connectivity index (χ0n) is 9.20. The normalized spacial score (nSPS) is 26.9. The molecule has 3 nitrogen and oxygen atoms in total. The summed E-state index contributed by atoms with van der Waals surface area (Å²) in [5.41, 5.74) is 0. The highest BCUT2D eigenvalue weighted by molar-refractivity contribution is 5.72. The summed E-state index contributed by atoms with van der Waals surface area (Å²) in [6, 6.07) is 0.154. The fourth-order valence-corrected chi connectivity index (χ4v) is 2.29. The Morgan fingerprint density at radius 1 is 1.50 bits per heavy atom. The molecule has 0 spiro atoms. The highest BCUT2D eigenvalue weighted by Gasteiger charge is 2.27. The maximum absolute atomic E-state index is 10.9. The lowest BCUT2D eigenvalue weighted by Gasteiger charge is -2.32. The van der Waals surface area contributed by atoms with E-state index in [4.69, 9.17) is 5.11 Å². The third-order valence-electron chi connectivity index (χ3n) is 3.25. The molecule has 0 radical (unpaired) electrons. The fraction of sp³-hybridized carbons (Fsp3) is 0.909. The van der Waals surface area contributed by atoms with Crippen LogP contribution in [0, 0.1) is 0 Å². The first-order valence-electron chi connectivity index (χ1n) is 5.65. The van der Waals surface area contributed by atoms with Crippen LogP contribution in [0.3, 0.4) is 0 Å². The van der Waals surface area contributed by atoms with Crippen LogP contribution in [-0.4, -0.2) is 34.6 Å². The van der Waals surface area contributed by atoms with E-state index >= 15 is 0 Å². The van der Waals surface area contributed by atoms with E-state index < -0.39 is 5.97 Å². The summed E-state index contributed by atoms with van der Waals surface area (Å²) < 4.78 is 0. The molecule has 14 heavy (non-hydrogen) atoms. The summed E-state index contributed by atoms with van der Waals surface area (Å²) in [5, 5.41) is 9.00. The SMILES string of the molecule is CCC1CCCCCN1C(C)C(=O)O. The van der Waals surface area contributed by atoms with Crippen molar-refractivity contribution in [2.45, 2.75) is 58.0 Å². The second kappa shape index (κ2) is 5.35. The van der Waals surface area contributed by atoms with Crippen LogP contribution < -0.4 is 0 Å². The van der Waals surface area contributed by atoms with Gasteiger partial charge in [0, 0.05) is 6.04 Å². The van der Waals surface area contributed by atoms with Crippen LogP contribution in [-0.2, 0) is 4.79 Å². The van der Waals surface area contributed by atoms with Crippen molar-refractivity contribution in [3.8, 4) is 0 Å². The van der Waals surface area contributed by atoms with Gasteiger partial charge in [0.1, 0.15) is 6.04 Å². The predicted molar refractivity (Wildman–Crippen MR) is 56.4 cm³/mol. The average Bonchev–Trinajstić information content (AvgIpc) is 2.40. The van der Waals surface area contributed by atoms with Gasteiger partial charge in [0.15, 0.2) is 0 Å². The van der Waals surface area contributed by atoms with E-state index in [2.05, 4.69) is 11.8 Å². The van der Waals surface area contributed by atoms with Gasteiger partial charge in [-0.1, -0.05) is 19.8 Å². The number of carboxylic acids is 1. The van der Waals surface area contributed by atoms with Crippen LogP contribution in [0.25, 0.3) is 0 Å². The largest absolute Gasteiger partial charge is 0.480 e. The Hall–Kier alpha value is -0.570. The first-order valence-corrected chi connectivity index (χ1v) is 5.65. The van der Waals surface area contributed by atoms with Gasteiger partial charge in [-0.3, -0.25) is 9.69 Å². The Labute approximate surface area is 86.1 Å². The standard InChI is InChI=1S/C11H21NO2/c1-3-10-7-5-4-6-8-12(10)9(2)11(13)14/h9-10H,3-8H2,1-2H3,(H,13,14). The van der Waals surface area contributed by atoms with E-state index in [9.17, 15) is 4.79 Å². The van der Waals surface area contributed by atoms with E-state index in [1.807, 2.05) is 0 Å². The smallest absolute Gasteiger partial charge is 0.320 e. The Bertz CT molecular complexity index is 194. The maximum atomic E-state index is 10.9. The number of carboxylic acid groups (broad SMARTS) is 1. The van der Waals surface area contributed by atoms with Crippen molar-refractivity contribution in [1.82, 2.24) is 4.90 Å². The lowest BCUT2D eigenvalue weighted by Crippen LogP contribution is -2.45. The molecule has 2 unspecified atom stereocenters. The molecule has 0 aromatic rings. The second-order valence-corrected chi connectivity index (χ2v) is 4.16. The first kappa shape index (κ1) is 11.5. The van der Waals surface area contributed by atoms with Crippen molar-refractivity contribution in [3.05, 3.63) is 0 Å². The van der Waals surface area contributed by atoms with Crippen LogP contribution in [0.2, 0.25) is 0 Å². The van der Waals surface area contributed by atoms with Crippen LogP contribution in [0.5, 0.6) is 0 Å². The molecule has 1 aliphatic heterocycles. The molecule has 0 amide bonds. The molecule has 3 heteroatoms. The summed E-state index contributed by atoms with van der Waals surface area (Å²) in [7, 11) is 0. The summed E-state index contributed by atoms with van der Waals surface area (Å²) in [6.07, 6.45) is 5.88. The molecule has 1 heterocycles. The first-order chi connectivity index (χ1) is 6.66. The molecule has 1 N–H and O–H groups in total. The fourth-order valence-electron chi connectivity index (χ4n) is 2.29. The molecule has 0 saturated carbocycles. The molecule has 2 atom stereocenters. The monoisotopic (exact) mass is 199 g/mol. The number of aliphatic carboxylic acids is 1. The van der Waals surface area contributed by atoms with Crippen molar-refractivity contribution >= 4 is 5.97 Å².